The SMILES string of the molecule is O=C(NO)C1C(=O)SCCN1S(=O)(=O)c1ccc(Oc2ccccc2F)cc1. The van der Waals surface area contributed by atoms with E-state index in [1.807, 2.05) is 0 Å². The number of halogens is 1. The van der Waals surface area contributed by atoms with Crippen LogP contribution in [0.25, 0.3) is 0 Å². The number of nitrogens with one attached hydrogen (secondary N) is 1. The van der Waals surface area contributed by atoms with E-state index >= 15 is 0 Å². The van der Waals surface area contributed by atoms with Gasteiger partial charge in [0.2, 0.25) is 15.1 Å². The Morgan fingerprint density at radius 2 is 1.89 bits per heavy atom. The minimum absolute atomic E-state index is 0.0172. The van der Waals surface area contributed by atoms with Crippen molar-refractivity contribution >= 4 is 32.8 Å². The molecule has 1 aliphatic heterocycles. The molecule has 0 radical (unpaired) electrons. The Hall–Kier alpha value is -2.47. The molecule has 148 valence electrons. The third kappa shape index (κ3) is 4.02. The van der Waals surface area contributed by atoms with E-state index in [-0.39, 0.29) is 28.7 Å². The highest BCUT2D eigenvalue weighted by atomic mass is 32.2. The van der Waals surface area contributed by atoms with Gasteiger partial charge < -0.3 is 4.74 Å². The van der Waals surface area contributed by atoms with Gasteiger partial charge in [-0.15, -0.1) is 0 Å². The van der Waals surface area contributed by atoms with Crippen LogP contribution in [0.15, 0.2) is 53.4 Å². The second-order valence-corrected chi connectivity index (χ2v) is 8.66. The minimum atomic E-state index is -4.20. The lowest BCUT2D eigenvalue weighted by Crippen LogP contribution is -2.55. The maximum Gasteiger partial charge on any atom is 0.270 e. The summed E-state index contributed by atoms with van der Waals surface area (Å²) in [6.07, 6.45) is 0. The van der Waals surface area contributed by atoms with Crippen LogP contribution in [0.2, 0.25) is 0 Å². The van der Waals surface area contributed by atoms with Gasteiger partial charge in [-0.1, -0.05) is 23.9 Å². The number of thioether (sulfide) groups is 1. The van der Waals surface area contributed by atoms with Crippen molar-refractivity contribution in [1.29, 1.82) is 0 Å². The molecule has 0 spiro atoms. The lowest BCUT2D eigenvalue weighted by atomic mass is 10.3. The molecular formula is C17H15FN2O6S2. The molecule has 0 aromatic heterocycles. The number of carbonyl (C=O) groups excluding carboxylic acids is 2. The molecule has 11 heteroatoms. The van der Waals surface area contributed by atoms with Crippen LogP contribution in [0.1, 0.15) is 0 Å². The molecule has 1 atom stereocenters. The second kappa shape index (κ2) is 8.27. The number of rotatable bonds is 5. The first-order valence-corrected chi connectivity index (χ1v) is 10.4. The van der Waals surface area contributed by atoms with Crippen molar-refractivity contribution in [3.05, 3.63) is 54.3 Å². The van der Waals surface area contributed by atoms with E-state index in [0.717, 1.165) is 16.1 Å². The summed E-state index contributed by atoms with van der Waals surface area (Å²) in [7, 11) is -4.20. The van der Waals surface area contributed by atoms with Gasteiger partial charge in [0.1, 0.15) is 5.75 Å². The molecule has 1 fully saturated rings. The van der Waals surface area contributed by atoms with Crippen molar-refractivity contribution in [2.45, 2.75) is 10.9 Å². The molecule has 28 heavy (non-hydrogen) atoms. The molecule has 3 rings (SSSR count). The predicted octanol–water partition coefficient (Wildman–Crippen LogP) is 1.76. The van der Waals surface area contributed by atoms with Gasteiger partial charge in [0.05, 0.1) is 4.90 Å². The summed E-state index contributed by atoms with van der Waals surface area (Å²) in [6.45, 7) is -0.0791. The molecule has 1 amide bonds. The van der Waals surface area contributed by atoms with Crippen molar-refractivity contribution < 1.29 is 32.3 Å². The highest BCUT2D eigenvalue weighted by molar-refractivity contribution is 8.14. The maximum atomic E-state index is 13.7. The van der Waals surface area contributed by atoms with Gasteiger partial charge in [-0.25, -0.2) is 18.3 Å². The van der Waals surface area contributed by atoms with Crippen molar-refractivity contribution in [2.24, 2.45) is 0 Å². The predicted molar refractivity (Wildman–Crippen MR) is 98.0 cm³/mol. The number of sulfonamides is 1. The quantitative estimate of drug-likeness (QED) is 0.425. The molecular weight excluding hydrogens is 411 g/mol. The van der Waals surface area contributed by atoms with E-state index in [4.69, 9.17) is 9.94 Å². The number of carbonyl (C=O) groups is 2. The van der Waals surface area contributed by atoms with Crippen LogP contribution >= 0.6 is 11.8 Å². The largest absolute Gasteiger partial charge is 0.454 e. The Labute approximate surface area is 164 Å². The monoisotopic (exact) mass is 426 g/mol. The van der Waals surface area contributed by atoms with Crippen LogP contribution in [0.4, 0.5) is 4.39 Å². The van der Waals surface area contributed by atoms with E-state index in [1.165, 1.54) is 47.9 Å². The highest BCUT2D eigenvalue weighted by Crippen LogP contribution is 2.29. The Morgan fingerprint density at radius 3 is 2.54 bits per heavy atom. The molecule has 2 N–H and O–H groups in total. The van der Waals surface area contributed by atoms with Crippen molar-refractivity contribution in [3.8, 4) is 11.5 Å². The summed E-state index contributed by atoms with van der Waals surface area (Å²) in [5, 5.41) is 8.15. The van der Waals surface area contributed by atoms with Crippen LogP contribution in [0, 0.1) is 5.82 Å². The number of hydrogen-bond donors (Lipinski definition) is 2. The summed E-state index contributed by atoms with van der Waals surface area (Å²) < 4.78 is 45.6. The van der Waals surface area contributed by atoms with E-state index in [2.05, 4.69) is 0 Å². The maximum absolute atomic E-state index is 13.7. The molecule has 8 nitrogen and oxygen atoms in total. The number of ether oxygens (including phenoxy) is 1. The zero-order valence-corrected chi connectivity index (χ0v) is 15.9. The average molecular weight is 426 g/mol. The molecule has 1 saturated heterocycles. The Bertz CT molecular complexity index is 989. The summed E-state index contributed by atoms with van der Waals surface area (Å²) in [4.78, 5) is 23.6. The smallest absolute Gasteiger partial charge is 0.270 e. The number of amides is 1. The van der Waals surface area contributed by atoms with Gasteiger partial charge in [0, 0.05) is 12.3 Å². The molecule has 2 aromatic rings. The van der Waals surface area contributed by atoms with Crippen LogP contribution in [0.5, 0.6) is 11.5 Å². The number of nitrogens with zero attached hydrogens (tertiary/aromatic N) is 1. The zero-order valence-electron chi connectivity index (χ0n) is 14.2. The summed E-state index contributed by atoms with van der Waals surface area (Å²) >= 11 is 0.817. The first-order valence-electron chi connectivity index (χ1n) is 7.99. The molecule has 0 bridgehead atoms. The fraction of sp³-hybridized carbons (Fsp3) is 0.176. The van der Waals surface area contributed by atoms with Gasteiger partial charge in [0.15, 0.2) is 17.6 Å². The molecule has 1 unspecified atom stereocenters. The normalized spacial score (nSPS) is 17.9. The van der Waals surface area contributed by atoms with Crippen LogP contribution < -0.4 is 10.2 Å². The van der Waals surface area contributed by atoms with Crippen LogP contribution in [-0.2, 0) is 19.6 Å². The van der Waals surface area contributed by atoms with E-state index < -0.39 is 32.9 Å². The third-order valence-electron chi connectivity index (χ3n) is 3.92. The average Bonchev–Trinajstić information content (AvgIpc) is 2.69. The third-order valence-corrected chi connectivity index (χ3v) is 6.69. The number of hydrogen-bond acceptors (Lipinski definition) is 7. The fourth-order valence-corrected chi connectivity index (χ4v) is 5.20. The Kier molecular flexibility index (Phi) is 5.98. The molecule has 0 saturated carbocycles. The molecule has 2 aromatic carbocycles. The lowest BCUT2D eigenvalue weighted by molar-refractivity contribution is -0.136. The van der Waals surface area contributed by atoms with Crippen LogP contribution in [-0.4, -0.2) is 47.3 Å². The van der Waals surface area contributed by atoms with Gasteiger partial charge in [0.25, 0.3) is 5.91 Å². The van der Waals surface area contributed by atoms with Crippen molar-refractivity contribution in [3.63, 3.8) is 0 Å². The number of para-hydroxylation sites is 1. The summed E-state index contributed by atoms with van der Waals surface area (Å²) in [6, 6.07) is 9.22. The minimum Gasteiger partial charge on any atom is -0.454 e. The van der Waals surface area contributed by atoms with Crippen LogP contribution in [0.3, 0.4) is 0 Å². The zero-order chi connectivity index (χ0) is 20.3. The Morgan fingerprint density at radius 1 is 1.21 bits per heavy atom. The molecule has 1 heterocycles. The van der Waals surface area contributed by atoms with E-state index in [1.54, 1.807) is 6.07 Å². The van der Waals surface area contributed by atoms with Crippen molar-refractivity contribution in [2.75, 3.05) is 12.3 Å². The topological polar surface area (TPSA) is 113 Å². The van der Waals surface area contributed by atoms with Gasteiger partial charge >= 0.3 is 0 Å². The first kappa shape index (κ1) is 20.3. The molecule has 1 aliphatic rings. The van der Waals surface area contributed by atoms with E-state index in [9.17, 15) is 22.4 Å². The Balaban J connectivity index is 1.86. The highest BCUT2D eigenvalue weighted by Gasteiger charge is 2.43. The number of benzene rings is 2. The van der Waals surface area contributed by atoms with Gasteiger partial charge in [-0.3, -0.25) is 14.8 Å². The summed E-state index contributed by atoms with van der Waals surface area (Å²) in [5.41, 5.74) is 1.33. The number of hydroxylamine groups is 1. The van der Waals surface area contributed by atoms with Crippen molar-refractivity contribution in [1.82, 2.24) is 9.79 Å². The van der Waals surface area contributed by atoms with Gasteiger partial charge in [-0.2, -0.15) is 4.31 Å². The lowest BCUT2D eigenvalue weighted by Gasteiger charge is -2.31. The molecule has 0 aliphatic carbocycles. The van der Waals surface area contributed by atoms with Gasteiger partial charge in [-0.05, 0) is 36.4 Å². The fourth-order valence-electron chi connectivity index (χ4n) is 2.59. The standard InChI is InChI=1S/C17H15FN2O6S2/c18-13-3-1-2-4-14(13)26-11-5-7-12(8-6-11)28(24,25)20-9-10-27-17(22)15(20)16(21)19-23/h1-8,15,23H,9-10H2,(H,19,21). The second-order valence-electron chi connectivity index (χ2n) is 5.67. The summed E-state index contributed by atoms with van der Waals surface area (Å²) in [5.74, 6) is -1.32. The van der Waals surface area contributed by atoms with E-state index in [0.29, 0.717) is 0 Å². The first-order chi connectivity index (χ1) is 13.3.